The van der Waals surface area contributed by atoms with Crippen LogP contribution < -0.4 is 5.32 Å². The van der Waals surface area contributed by atoms with Gasteiger partial charge in [-0.15, -0.1) is 0 Å². The minimum Gasteiger partial charge on any atom is -0.377 e. The molecule has 2 nitrogen and oxygen atoms in total. The van der Waals surface area contributed by atoms with E-state index < -0.39 is 0 Å². The maximum Gasteiger partial charge on any atom is 0.0726 e. The van der Waals surface area contributed by atoms with Crippen molar-refractivity contribution in [2.45, 2.75) is 58.7 Å². The lowest BCUT2D eigenvalue weighted by molar-refractivity contribution is 0.0813. The van der Waals surface area contributed by atoms with E-state index in [4.69, 9.17) is 4.74 Å². The SMILES string of the molecule is CC(C)CSCC(C)NC(C)C1CCCO1. The molecule has 1 fully saturated rings. The Bertz CT molecular complexity index is 181. The zero-order chi connectivity index (χ0) is 12.0. The Morgan fingerprint density at radius 1 is 1.25 bits per heavy atom. The fourth-order valence-electron chi connectivity index (χ4n) is 2.08. The van der Waals surface area contributed by atoms with Crippen LogP contribution in [0.4, 0.5) is 0 Å². The van der Waals surface area contributed by atoms with E-state index >= 15 is 0 Å². The summed E-state index contributed by atoms with van der Waals surface area (Å²) in [7, 11) is 0. The highest BCUT2D eigenvalue weighted by Crippen LogP contribution is 2.16. The highest BCUT2D eigenvalue weighted by Gasteiger charge is 2.23. The van der Waals surface area contributed by atoms with Crippen LogP contribution in [0.25, 0.3) is 0 Å². The molecule has 96 valence electrons. The summed E-state index contributed by atoms with van der Waals surface area (Å²) >= 11 is 2.05. The molecule has 0 aromatic carbocycles. The molecule has 3 heteroatoms. The highest BCUT2D eigenvalue weighted by molar-refractivity contribution is 7.99. The van der Waals surface area contributed by atoms with E-state index in [0.717, 1.165) is 12.5 Å². The van der Waals surface area contributed by atoms with Crippen molar-refractivity contribution in [3.05, 3.63) is 0 Å². The lowest BCUT2D eigenvalue weighted by Gasteiger charge is -2.24. The molecule has 0 radical (unpaired) electrons. The van der Waals surface area contributed by atoms with Gasteiger partial charge in [0.05, 0.1) is 6.10 Å². The molecule has 16 heavy (non-hydrogen) atoms. The summed E-state index contributed by atoms with van der Waals surface area (Å²) < 4.78 is 5.69. The van der Waals surface area contributed by atoms with Gasteiger partial charge in [0.1, 0.15) is 0 Å². The molecule has 3 unspecified atom stereocenters. The Morgan fingerprint density at radius 2 is 2.00 bits per heavy atom. The van der Waals surface area contributed by atoms with Crippen molar-refractivity contribution >= 4 is 11.8 Å². The van der Waals surface area contributed by atoms with Crippen LogP contribution in [0, 0.1) is 5.92 Å². The number of thioether (sulfide) groups is 1. The van der Waals surface area contributed by atoms with Crippen LogP contribution in [0.1, 0.15) is 40.5 Å². The van der Waals surface area contributed by atoms with E-state index in [1.165, 1.54) is 24.3 Å². The second-order valence-corrected chi connectivity index (χ2v) is 6.41. The molecule has 1 heterocycles. The van der Waals surface area contributed by atoms with Crippen molar-refractivity contribution in [2.24, 2.45) is 5.92 Å². The van der Waals surface area contributed by atoms with Crippen molar-refractivity contribution in [3.63, 3.8) is 0 Å². The van der Waals surface area contributed by atoms with Gasteiger partial charge in [-0.2, -0.15) is 11.8 Å². The molecule has 1 saturated heterocycles. The van der Waals surface area contributed by atoms with Gasteiger partial charge >= 0.3 is 0 Å². The summed E-state index contributed by atoms with van der Waals surface area (Å²) in [5.41, 5.74) is 0. The molecular weight excluding hydrogens is 218 g/mol. The Labute approximate surface area is 105 Å². The summed E-state index contributed by atoms with van der Waals surface area (Å²) in [5.74, 6) is 3.27. The van der Waals surface area contributed by atoms with Gasteiger partial charge in [0, 0.05) is 24.4 Å². The van der Waals surface area contributed by atoms with Crippen LogP contribution in [0.3, 0.4) is 0 Å². The van der Waals surface area contributed by atoms with Gasteiger partial charge < -0.3 is 10.1 Å². The molecule has 0 bridgehead atoms. The minimum atomic E-state index is 0.442. The van der Waals surface area contributed by atoms with Crippen LogP contribution in [-0.2, 0) is 4.74 Å². The van der Waals surface area contributed by atoms with Gasteiger partial charge in [0.2, 0.25) is 0 Å². The number of hydrogen-bond acceptors (Lipinski definition) is 3. The molecule has 1 aliphatic rings. The first-order valence-electron chi connectivity index (χ1n) is 6.55. The van der Waals surface area contributed by atoms with Gasteiger partial charge in [-0.1, -0.05) is 13.8 Å². The van der Waals surface area contributed by atoms with Crippen molar-refractivity contribution in [2.75, 3.05) is 18.1 Å². The quantitative estimate of drug-likeness (QED) is 0.745. The number of rotatable bonds is 7. The molecule has 0 aliphatic carbocycles. The van der Waals surface area contributed by atoms with Crippen molar-refractivity contribution < 1.29 is 4.74 Å². The second kappa shape index (κ2) is 7.57. The predicted octanol–water partition coefficient (Wildman–Crippen LogP) is 2.92. The van der Waals surface area contributed by atoms with Crippen LogP contribution in [0.2, 0.25) is 0 Å². The van der Waals surface area contributed by atoms with Crippen molar-refractivity contribution in [3.8, 4) is 0 Å². The van der Waals surface area contributed by atoms with E-state index in [2.05, 4.69) is 44.8 Å². The average molecular weight is 245 g/mol. The Kier molecular flexibility index (Phi) is 6.78. The van der Waals surface area contributed by atoms with Crippen LogP contribution in [0.15, 0.2) is 0 Å². The first-order chi connectivity index (χ1) is 7.59. The second-order valence-electron chi connectivity index (χ2n) is 5.34. The third kappa shape index (κ3) is 5.55. The zero-order valence-electron chi connectivity index (χ0n) is 11.2. The van der Waals surface area contributed by atoms with E-state index in [-0.39, 0.29) is 0 Å². The maximum atomic E-state index is 5.69. The molecule has 0 amide bonds. The maximum absolute atomic E-state index is 5.69. The third-order valence-electron chi connectivity index (χ3n) is 2.89. The van der Waals surface area contributed by atoms with E-state index in [1.54, 1.807) is 0 Å². The summed E-state index contributed by atoms with van der Waals surface area (Å²) in [6.07, 6.45) is 2.89. The smallest absolute Gasteiger partial charge is 0.0726 e. The highest BCUT2D eigenvalue weighted by atomic mass is 32.2. The van der Waals surface area contributed by atoms with Crippen LogP contribution >= 0.6 is 11.8 Å². The number of nitrogens with one attached hydrogen (secondary N) is 1. The lowest BCUT2D eigenvalue weighted by atomic mass is 10.1. The first-order valence-corrected chi connectivity index (χ1v) is 7.70. The van der Waals surface area contributed by atoms with Crippen molar-refractivity contribution in [1.29, 1.82) is 0 Å². The normalized spacial score (nSPS) is 24.9. The molecule has 0 aromatic rings. The monoisotopic (exact) mass is 245 g/mol. The van der Waals surface area contributed by atoms with E-state index in [9.17, 15) is 0 Å². The molecule has 0 aromatic heterocycles. The lowest BCUT2D eigenvalue weighted by Crippen LogP contribution is -2.43. The molecule has 1 rings (SSSR count). The molecule has 0 spiro atoms. The number of hydrogen-bond donors (Lipinski definition) is 1. The van der Waals surface area contributed by atoms with E-state index in [0.29, 0.717) is 18.2 Å². The van der Waals surface area contributed by atoms with Gasteiger partial charge in [0.25, 0.3) is 0 Å². The standard InChI is InChI=1S/C13H27NOS/c1-10(2)8-16-9-11(3)14-12(4)13-6-5-7-15-13/h10-14H,5-9H2,1-4H3. The topological polar surface area (TPSA) is 21.3 Å². The van der Waals surface area contributed by atoms with Gasteiger partial charge in [-0.3, -0.25) is 0 Å². The summed E-state index contributed by atoms with van der Waals surface area (Å²) in [6, 6.07) is 1.08. The Morgan fingerprint density at radius 3 is 2.56 bits per heavy atom. The Balaban J connectivity index is 2.10. The summed E-state index contributed by atoms with van der Waals surface area (Å²) in [4.78, 5) is 0. The minimum absolute atomic E-state index is 0.442. The fourth-order valence-corrected chi connectivity index (χ4v) is 3.14. The van der Waals surface area contributed by atoms with E-state index in [1.807, 2.05) is 0 Å². The van der Waals surface area contributed by atoms with Crippen LogP contribution in [-0.4, -0.2) is 36.3 Å². The van der Waals surface area contributed by atoms with Gasteiger partial charge in [-0.25, -0.2) is 0 Å². The summed E-state index contributed by atoms with van der Waals surface area (Å²) in [6.45, 7) is 10.0. The van der Waals surface area contributed by atoms with Gasteiger partial charge in [-0.05, 0) is 38.4 Å². The first kappa shape index (κ1) is 14.3. The molecule has 1 aliphatic heterocycles. The number of ether oxygens (including phenoxy) is 1. The molecule has 0 saturated carbocycles. The predicted molar refractivity (Wildman–Crippen MR) is 73.2 cm³/mol. The molecule has 1 N–H and O–H groups in total. The van der Waals surface area contributed by atoms with Crippen LogP contribution in [0.5, 0.6) is 0 Å². The summed E-state index contributed by atoms with van der Waals surface area (Å²) in [5, 5.41) is 3.65. The van der Waals surface area contributed by atoms with Crippen molar-refractivity contribution in [1.82, 2.24) is 5.32 Å². The molecule has 3 atom stereocenters. The fraction of sp³-hybridized carbons (Fsp3) is 1.00. The molecular formula is C13H27NOS. The third-order valence-corrected chi connectivity index (χ3v) is 4.53. The van der Waals surface area contributed by atoms with Gasteiger partial charge in [0.15, 0.2) is 0 Å². The largest absolute Gasteiger partial charge is 0.377 e. The average Bonchev–Trinajstić information content (AvgIpc) is 2.69. The zero-order valence-corrected chi connectivity index (χ0v) is 12.0. The Hall–Kier alpha value is 0.270.